The lowest BCUT2D eigenvalue weighted by Crippen LogP contribution is -3.00. The quantitative estimate of drug-likeness (QED) is 0.552. The molecule has 29 heavy (non-hydrogen) atoms. The summed E-state index contributed by atoms with van der Waals surface area (Å²) in [5, 5.41) is 5.13. The van der Waals surface area contributed by atoms with E-state index >= 15 is 0 Å². The van der Waals surface area contributed by atoms with Gasteiger partial charge in [-0.1, -0.05) is 36.0 Å². The van der Waals surface area contributed by atoms with E-state index in [-0.39, 0.29) is 24.9 Å². The van der Waals surface area contributed by atoms with Crippen molar-refractivity contribution in [3.8, 4) is 0 Å². The van der Waals surface area contributed by atoms with Crippen molar-refractivity contribution in [2.45, 2.75) is 11.4 Å². The molecule has 0 fully saturated rings. The standard InChI is InChI=1S/C22H22N4OS.ClH/c1-25-19-8-4-5-9-20(19)28-22(25)14-16-10-13-26(15-21(27)24-12-11-23)18-7-3-2-6-17(16)18;/h2-10,13-14H,11-12,15,23H2,1H3;1H. The summed E-state index contributed by atoms with van der Waals surface area (Å²) >= 11 is 1.78. The Morgan fingerprint density at radius 1 is 1.17 bits per heavy atom. The molecule has 1 aliphatic rings. The summed E-state index contributed by atoms with van der Waals surface area (Å²) in [5.41, 5.74) is 8.86. The molecular formula is C22H23ClN4OS. The van der Waals surface area contributed by atoms with Crippen LogP contribution in [0.25, 0.3) is 17.0 Å². The number of hydrogen-bond donors (Lipinski definition) is 2. The van der Waals surface area contributed by atoms with E-state index in [9.17, 15) is 4.79 Å². The molecule has 0 aliphatic carbocycles. The fourth-order valence-electron chi connectivity index (χ4n) is 3.37. The first-order valence-corrected chi connectivity index (χ1v) is 10.1. The third-order valence-electron chi connectivity index (χ3n) is 4.79. The van der Waals surface area contributed by atoms with Gasteiger partial charge in [0.05, 0.1) is 16.1 Å². The van der Waals surface area contributed by atoms with Crippen molar-refractivity contribution < 1.29 is 21.8 Å². The zero-order valence-corrected chi connectivity index (χ0v) is 17.7. The number of hydrogen-bond acceptors (Lipinski definition) is 4. The third-order valence-corrected chi connectivity index (χ3v) is 5.96. The first kappa shape index (κ1) is 21.2. The first-order valence-electron chi connectivity index (χ1n) is 9.27. The molecule has 0 bridgehead atoms. The van der Waals surface area contributed by atoms with E-state index in [1.54, 1.807) is 11.8 Å². The van der Waals surface area contributed by atoms with Crippen LogP contribution < -0.4 is 32.9 Å². The number of halogens is 1. The minimum Gasteiger partial charge on any atom is -1.00 e. The van der Waals surface area contributed by atoms with Crippen molar-refractivity contribution in [2.24, 2.45) is 5.73 Å². The zero-order chi connectivity index (χ0) is 19.5. The topological polar surface area (TPSA) is 62.2 Å². The summed E-state index contributed by atoms with van der Waals surface area (Å²) in [7, 11) is 2.09. The Balaban J connectivity index is 0.00000240. The SMILES string of the molecule is CN1/C(=C/c2cc[n+](CC(=O)NCCN)c3ccccc23)Sc2ccccc21.[Cl-]. The number of thioether (sulfide) groups is 1. The fraction of sp³-hybridized carbons (Fsp3) is 0.182. The predicted octanol–water partition coefficient (Wildman–Crippen LogP) is -0.253. The smallest absolute Gasteiger partial charge is 0.286 e. The number of amides is 1. The van der Waals surface area contributed by atoms with Gasteiger partial charge in [-0.15, -0.1) is 0 Å². The van der Waals surface area contributed by atoms with Crippen molar-refractivity contribution >= 4 is 40.3 Å². The molecule has 0 radical (unpaired) electrons. The van der Waals surface area contributed by atoms with Crippen LogP contribution in [0.15, 0.2) is 70.7 Å². The second kappa shape index (κ2) is 9.31. The number of para-hydroxylation sites is 2. The highest BCUT2D eigenvalue weighted by atomic mass is 35.5. The van der Waals surface area contributed by atoms with Crippen LogP contribution in [0.5, 0.6) is 0 Å². The number of nitrogens with one attached hydrogen (secondary N) is 1. The maximum atomic E-state index is 12.1. The average Bonchev–Trinajstić information content (AvgIpc) is 3.04. The largest absolute Gasteiger partial charge is 1.00 e. The Hall–Kier alpha value is -2.54. The number of aromatic nitrogens is 1. The molecular weight excluding hydrogens is 404 g/mol. The number of carbonyl (C=O) groups excluding carboxylic acids is 1. The number of nitrogens with zero attached hydrogens (tertiary/aromatic N) is 2. The normalized spacial score (nSPS) is 14.0. The van der Waals surface area contributed by atoms with Crippen molar-refractivity contribution in [1.29, 1.82) is 0 Å². The van der Waals surface area contributed by atoms with Crippen LogP contribution in [0, 0.1) is 0 Å². The van der Waals surface area contributed by atoms with E-state index in [0.717, 1.165) is 16.5 Å². The number of nitrogens with two attached hydrogens (primary N) is 1. The minimum absolute atomic E-state index is 0. The number of fused-ring (bicyclic) bond motifs is 2. The highest BCUT2D eigenvalue weighted by Crippen LogP contribution is 2.45. The van der Waals surface area contributed by atoms with Gasteiger partial charge in [-0.05, 0) is 29.8 Å². The van der Waals surface area contributed by atoms with Crippen molar-refractivity contribution in [2.75, 3.05) is 25.0 Å². The number of rotatable bonds is 5. The lowest BCUT2D eigenvalue weighted by Gasteiger charge is -2.13. The molecule has 0 unspecified atom stereocenters. The summed E-state index contributed by atoms with van der Waals surface area (Å²) in [4.78, 5) is 15.6. The molecule has 0 atom stereocenters. The molecule has 1 amide bonds. The van der Waals surface area contributed by atoms with E-state index in [2.05, 4.69) is 59.7 Å². The molecule has 5 nitrogen and oxygen atoms in total. The van der Waals surface area contributed by atoms with E-state index in [1.165, 1.54) is 15.6 Å². The highest BCUT2D eigenvalue weighted by molar-refractivity contribution is 8.03. The van der Waals surface area contributed by atoms with Gasteiger partial charge in [-0.3, -0.25) is 4.79 Å². The van der Waals surface area contributed by atoms with Gasteiger partial charge in [-0.2, -0.15) is 4.57 Å². The van der Waals surface area contributed by atoms with E-state index in [0.29, 0.717) is 13.1 Å². The van der Waals surface area contributed by atoms with Crippen LogP contribution in [0.1, 0.15) is 5.56 Å². The molecule has 4 rings (SSSR count). The summed E-state index contributed by atoms with van der Waals surface area (Å²) in [6.07, 6.45) is 4.19. The molecule has 0 saturated heterocycles. The second-order valence-electron chi connectivity index (χ2n) is 6.67. The Kier molecular flexibility index (Phi) is 6.79. The molecule has 3 aromatic rings. The van der Waals surface area contributed by atoms with Crippen molar-refractivity contribution in [3.05, 3.63) is 71.4 Å². The van der Waals surface area contributed by atoms with Crippen LogP contribution >= 0.6 is 11.8 Å². The van der Waals surface area contributed by atoms with Gasteiger partial charge in [-0.25, -0.2) is 0 Å². The maximum Gasteiger partial charge on any atom is 0.286 e. The van der Waals surface area contributed by atoms with Crippen LogP contribution in [-0.2, 0) is 11.3 Å². The minimum atomic E-state index is -0.0340. The molecule has 0 saturated carbocycles. The highest BCUT2D eigenvalue weighted by Gasteiger charge is 2.22. The second-order valence-corrected chi connectivity index (χ2v) is 7.73. The van der Waals surface area contributed by atoms with Gasteiger partial charge in [0, 0.05) is 37.2 Å². The van der Waals surface area contributed by atoms with Crippen LogP contribution in [0.2, 0.25) is 0 Å². The Morgan fingerprint density at radius 2 is 1.93 bits per heavy atom. The molecule has 1 aromatic heterocycles. The van der Waals surface area contributed by atoms with Gasteiger partial charge < -0.3 is 28.4 Å². The summed E-state index contributed by atoms with van der Waals surface area (Å²) < 4.78 is 1.98. The maximum absolute atomic E-state index is 12.1. The average molecular weight is 427 g/mol. The summed E-state index contributed by atoms with van der Waals surface area (Å²) in [6, 6.07) is 18.7. The van der Waals surface area contributed by atoms with Crippen molar-refractivity contribution in [3.63, 3.8) is 0 Å². The Labute approximate surface area is 181 Å². The molecule has 2 heterocycles. The van der Waals surface area contributed by atoms with Crippen LogP contribution in [-0.4, -0.2) is 26.0 Å². The van der Waals surface area contributed by atoms with E-state index < -0.39 is 0 Å². The zero-order valence-electron chi connectivity index (χ0n) is 16.1. The summed E-state index contributed by atoms with van der Waals surface area (Å²) in [5.74, 6) is -0.0340. The Bertz CT molecular complexity index is 1070. The van der Waals surface area contributed by atoms with Crippen LogP contribution in [0.4, 0.5) is 5.69 Å². The molecule has 3 N–H and O–H groups in total. The number of benzene rings is 2. The Morgan fingerprint density at radius 3 is 2.72 bits per heavy atom. The van der Waals surface area contributed by atoms with Gasteiger partial charge in [0.15, 0.2) is 6.20 Å². The van der Waals surface area contributed by atoms with E-state index in [4.69, 9.17) is 5.73 Å². The first-order chi connectivity index (χ1) is 13.7. The molecule has 150 valence electrons. The van der Waals surface area contributed by atoms with Gasteiger partial charge in [0.2, 0.25) is 12.1 Å². The molecule has 1 aliphatic heterocycles. The third kappa shape index (κ3) is 4.40. The van der Waals surface area contributed by atoms with Gasteiger partial charge >= 0.3 is 0 Å². The summed E-state index contributed by atoms with van der Waals surface area (Å²) in [6.45, 7) is 1.21. The molecule has 0 spiro atoms. The van der Waals surface area contributed by atoms with Gasteiger partial charge in [0.1, 0.15) is 0 Å². The monoisotopic (exact) mass is 426 g/mol. The number of anilines is 1. The van der Waals surface area contributed by atoms with E-state index in [1.807, 2.05) is 29.0 Å². The van der Waals surface area contributed by atoms with Crippen LogP contribution in [0.3, 0.4) is 0 Å². The lowest BCUT2D eigenvalue weighted by atomic mass is 10.1. The molecule has 7 heteroatoms. The lowest BCUT2D eigenvalue weighted by molar-refractivity contribution is -0.658. The molecule has 2 aromatic carbocycles. The van der Waals surface area contributed by atoms with Gasteiger partial charge in [0.25, 0.3) is 5.91 Å². The predicted molar refractivity (Wildman–Crippen MR) is 115 cm³/mol. The number of pyridine rings is 1. The number of carbonyl (C=O) groups is 1. The fourth-order valence-corrected chi connectivity index (χ4v) is 4.48. The van der Waals surface area contributed by atoms with Crippen molar-refractivity contribution in [1.82, 2.24) is 5.32 Å².